The predicted molar refractivity (Wildman–Crippen MR) is 60.7 cm³/mol. The van der Waals surface area contributed by atoms with Crippen LogP contribution >= 0.6 is 0 Å². The van der Waals surface area contributed by atoms with Gasteiger partial charge in [-0.3, -0.25) is 9.78 Å². The molecule has 5 nitrogen and oxygen atoms in total. The van der Waals surface area contributed by atoms with Gasteiger partial charge in [0, 0.05) is 24.5 Å². The van der Waals surface area contributed by atoms with Crippen LogP contribution in [-0.4, -0.2) is 15.0 Å². The molecule has 2 aromatic rings. The molecule has 2 aromatic heterocycles. The normalized spacial score (nSPS) is 10.4. The van der Waals surface area contributed by atoms with Crippen molar-refractivity contribution in [2.24, 2.45) is 5.73 Å². The van der Waals surface area contributed by atoms with Gasteiger partial charge in [-0.15, -0.1) is 0 Å². The lowest BCUT2D eigenvalue weighted by molar-refractivity contribution is 0.974. The largest absolute Gasteiger partial charge is 0.326 e. The molecule has 0 amide bonds. The van der Waals surface area contributed by atoms with E-state index in [9.17, 15) is 4.79 Å². The molecule has 0 spiro atoms. The highest BCUT2D eigenvalue weighted by atomic mass is 16.1. The summed E-state index contributed by atoms with van der Waals surface area (Å²) in [7, 11) is 0. The summed E-state index contributed by atoms with van der Waals surface area (Å²) in [4.78, 5) is 22.5. The SMILES string of the molecule is Cc1ccnc(-c2ncc(CN)c(=O)[nH]2)c1. The van der Waals surface area contributed by atoms with Crippen LogP contribution in [0.15, 0.2) is 29.3 Å². The van der Waals surface area contributed by atoms with E-state index < -0.39 is 0 Å². The molecule has 0 fully saturated rings. The highest BCUT2D eigenvalue weighted by Gasteiger charge is 2.04. The fourth-order valence-electron chi connectivity index (χ4n) is 1.36. The average molecular weight is 216 g/mol. The average Bonchev–Trinajstić information content (AvgIpc) is 2.29. The van der Waals surface area contributed by atoms with Gasteiger partial charge in [-0.2, -0.15) is 0 Å². The summed E-state index contributed by atoms with van der Waals surface area (Å²) in [6, 6.07) is 3.75. The van der Waals surface area contributed by atoms with E-state index in [0.29, 0.717) is 17.1 Å². The Labute approximate surface area is 92.4 Å². The molecule has 82 valence electrons. The van der Waals surface area contributed by atoms with E-state index in [-0.39, 0.29) is 12.1 Å². The van der Waals surface area contributed by atoms with Gasteiger partial charge in [0.2, 0.25) is 0 Å². The van der Waals surface area contributed by atoms with E-state index in [2.05, 4.69) is 15.0 Å². The molecule has 0 aromatic carbocycles. The Morgan fingerprint density at radius 3 is 2.88 bits per heavy atom. The monoisotopic (exact) mass is 216 g/mol. The first-order valence-corrected chi connectivity index (χ1v) is 4.92. The third kappa shape index (κ3) is 1.99. The highest BCUT2D eigenvalue weighted by Crippen LogP contribution is 2.10. The van der Waals surface area contributed by atoms with E-state index in [1.807, 2.05) is 19.1 Å². The van der Waals surface area contributed by atoms with Gasteiger partial charge in [0.05, 0.1) is 0 Å². The summed E-state index contributed by atoms with van der Waals surface area (Å²) in [5, 5.41) is 0. The summed E-state index contributed by atoms with van der Waals surface area (Å²) in [6.07, 6.45) is 3.17. The first kappa shape index (κ1) is 10.5. The topological polar surface area (TPSA) is 84.7 Å². The third-order valence-electron chi connectivity index (χ3n) is 2.25. The van der Waals surface area contributed by atoms with Gasteiger partial charge >= 0.3 is 0 Å². The second-order valence-electron chi connectivity index (χ2n) is 3.51. The Morgan fingerprint density at radius 2 is 2.25 bits per heavy atom. The van der Waals surface area contributed by atoms with E-state index in [1.165, 1.54) is 6.20 Å². The number of aromatic nitrogens is 3. The second-order valence-corrected chi connectivity index (χ2v) is 3.51. The number of pyridine rings is 1. The van der Waals surface area contributed by atoms with Crippen molar-refractivity contribution in [3.05, 3.63) is 46.0 Å². The van der Waals surface area contributed by atoms with E-state index >= 15 is 0 Å². The van der Waals surface area contributed by atoms with Crippen molar-refractivity contribution in [3.8, 4) is 11.5 Å². The molecular weight excluding hydrogens is 204 g/mol. The summed E-state index contributed by atoms with van der Waals surface area (Å²) in [5.74, 6) is 0.464. The fourth-order valence-corrected chi connectivity index (χ4v) is 1.36. The molecule has 0 aliphatic heterocycles. The quantitative estimate of drug-likeness (QED) is 0.769. The van der Waals surface area contributed by atoms with Crippen molar-refractivity contribution in [1.82, 2.24) is 15.0 Å². The molecule has 0 radical (unpaired) electrons. The number of hydrogen-bond donors (Lipinski definition) is 2. The van der Waals surface area contributed by atoms with Crippen molar-refractivity contribution < 1.29 is 0 Å². The second kappa shape index (κ2) is 4.24. The summed E-state index contributed by atoms with van der Waals surface area (Å²) < 4.78 is 0. The number of aryl methyl sites for hydroxylation is 1. The molecule has 0 atom stereocenters. The number of nitrogens with one attached hydrogen (secondary N) is 1. The molecule has 5 heteroatoms. The zero-order valence-electron chi connectivity index (χ0n) is 8.90. The van der Waals surface area contributed by atoms with Gasteiger partial charge in [-0.1, -0.05) is 0 Å². The number of hydrogen-bond acceptors (Lipinski definition) is 4. The highest BCUT2D eigenvalue weighted by molar-refractivity contribution is 5.49. The Balaban J connectivity index is 2.49. The number of H-pyrrole nitrogens is 1. The fraction of sp³-hybridized carbons (Fsp3) is 0.182. The van der Waals surface area contributed by atoms with Crippen LogP contribution in [0.2, 0.25) is 0 Å². The molecule has 0 saturated carbocycles. The predicted octanol–water partition coefficient (Wildman–Crippen LogP) is 0.599. The molecule has 2 heterocycles. The standard InChI is InChI=1S/C11H12N4O/c1-7-2-3-13-9(4-7)10-14-6-8(5-12)11(16)15-10/h2-4,6H,5,12H2,1H3,(H,14,15,16). The van der Waals surface area contributed by atoms with E-state index in [0.717, 1.165) is 5.56 Å². The maximum atomic E-state index is 11.5. The number of rotatable bonds is 2. The third-order valence-corrected chi connectivity index (χ3v) is 2.25. The zero-order valence-corrected chi connectivity index (χ0v) is 8.90. The summed E-state index contributed by atoms with van der Waals surface area (Å²) >= 11 is 0. The summed E-state index contributed by atoms with van der Waals surface area (Å²) in [6.45, 7) is 2.14. The van der Waals surface area contributed by atoms with Crippen LogP contribution in [0.3, 0.4) is 0 Å². The van der Waals surface area contributed by atoms with Gasteiger partial charge in [-0.05, 0) is 24.6 Å². The number of nitrogens with zero attached hydrogens (tertiary/aromatic N) is 2. The van der Waals surface area contributed by atoms with Gasteiger partial charge in [0.1, 0.15) is 5.69 Å². The van der Waals surface area contributed by atoms with E-state index in [4.69, 9.17) is 5.73 Å². The molecule has 3 N–H and O–H groups in total. The first-order chi connectivity index (χ1) is 7.70. The minimum Gasteiger partial charge on any atom is -0.326 e. The molecule has 0 bridgehead atoms. The van der Waals surface area contributed by atoms with Crippen molar-refractivity contribution in [2.75, 3.05) is 0 Å². The van der Waals surface area contributed by atoms with Gasteiger partial charge in [0.25, 0.3) is 5.56 Å². The molecule has 0 aliphatic rings. The maximum Gasteiger partial charge on any atom is 0.255 e. The van der Waals surface area contributed by atoms with Crippen LogP contribution in [0.4, 0.5) is 0 Å². The van der Waals surface area contributed by atoms with Crippen LogP contribution in [0.5, 0.6) is 0 Å². The molecule has 0 unspecified atom stereocenters. The number of aromatic amines is 1. The molecule has 0 saturated heterocycles. The van der Waals surface area contributed by atoms with Crippen LogP contribution in [0.1, 0.15) is 11.1 Å². The molecular formula is C11H12N4O. The first-order valence-electron chi connectivity index (χ1n) is 4.92. The van der Waals surface area contributed by atoms with Crippen LogP contribution < -0.4 is 11.3 Å². The number of nitrogens with two attached hydrogens (primary N) is 1. The maximum absolute atomic E-state index is 11.5. The van der Waals surface area contributed by atoms with Gasteiger partial charge < -0.3 is 10.7 Å². The molecule has 0 aliphatic carbocycles. The molecule has 16 heavy (non-hydrogen) atoms. The molecule has 2 rings (SSSR count). The van der Waals surface area contributed by atoms with Crippen molar-refractivity contribution >= 4 is 0 Å². The lowest BCUT2D eigenvalue weighted by Crippen LogP contribution is -2.17. The lowest BCUT2D eigenvalue weighted by Gasteiger charge is -2.01. The van der Waals surface area contributed by atoms with Gasteiger partial charge in [-0.25, -0.2) is 4.98 Å². The minimum absolute atomic E-state index is 0.184. The minimum atomic E-state index is -0.212. The smallest absolute Gasteiger partial charge is 0.255 e. The summed E-state index contributed by atoms with van der Waals surface area (Å²) in [5.41, 5.74) is 7.36. The Hall–Kier alpha value is -2.01. The van der Waals surface area contributed by atoms with Crippen molar-refractivity contribution in [2.45, 2.75) is 13.5 Å². The Kier molecular flexibility index (Phi) is 2.78. The van der Waals surface area contributed by atoms with Crippen LogP contribution in [0.25, 0.3) is 11.5 Å². The van der Waals surface area contributed by atoms with Crippen molar-refractivity contribution in [1.29, 1.82) is 0 Å². The van der Waals surface area contributed by atoms with Gasteiger partial charge in [0.15, 0.2) is 5.82 Å². The zero-order chi connectivity index (χ0) is 11.5. The van der Waals surface area contributed by atoms with Crippen molar-refractivity contribution in [3.63, 3.8) is 0 Å². The van der Waals surface area contributed by atoms with Crippen LogP contribution in [-0.2, 0) is 6.54 Å². The van der Waals surface area contributed by atoms with E-state index in [1.54, 1.807) is 6.20 Å². The van der Waals surface area contributed by atoms with Crippen LogP contribution in [0, 0.1) is 6.92 Å². The Bertz CT molecular complexity index is 562. The lowest BCUT2D eigenvalue weighted by atomic mass is 10.2. The Morgan fingerprint density at radius 1 is 1.44 bits per heavy atom.